The fourth-order valence-corrected chi connectivity index (χ4v) is 3.42. The maximum atomic E-state index is 12.6. The lowest BCUT2D eigenvalue weighted by atomic mass is 10.1. The highest BCUT2D eigenvalue weighted by Gasteiger charge is 2.15. The van der Waals surface area contributed by atoms with Gasteiger partial charge in [0.1, 0.15) is 5.82 Å². The van der Waals surface area contributed by atoms with Crippen LogP contribution in [0.2, 0.25) is 0 Å². The second-order valence-corrected chi connectivity index (χ2v) is 7.61. The summed E-state index contributed by atoms with van der Waals surface area (Å²) in [7, 11) is -3.47. The minimum Gasteiger partial charge on any atom is -0.345 e. The van der Waals surface area contributed by atoms with E-state index in [1.54, 1.807) is 24.3 Å². The molecule has 0 unspecified atom stereocenters. The van der Waals surface area contributed by atoms with Crippen molar-refractivity contribution in [3.63, 3.8) is 0 Å². The molecule has 0 saturated carbocycles. The number of rotatable bonds is 6. The number of hydrogen-bond acceptors (Lipinski definition) is 4. The van der Waals surface area contributed by atoms with Crippen LogP contribution in [0.4, 0.5) is 5.69 Å². The molecule has 0 saturated heterocycles. The number of carbonyl (C=O) groups excluding carboxylic acids is 1. The summed E-state index contributed by atoms with van der Waals surface area (Å²) in [5.74, 6) is 0.377. The summed E-state index contributed by atoms with van der Waals surface area (Å²) >= 11 is 0. The summed E-state index contributed by atoms with van der Waals surface area (Å²) in [6.45, 7) is 3.00. The molecule has 8 heteroatoms. The minimum absolute atomic E-state index is 0.245. The van der Waals surface area contributed by atoms with Crippen LogP contribution in [-0.2, 0) is 23.1 Å². The molecule has 0 aliphatic heterocycles. The van der Waals surface area contributed by atoms with Crippen LogP contribution in [0, 0.1) is 0 Å². The number of para-hydroxylation sites is 3. The molecule has 3 rings (SSSR count). The molecule has 0 spiro atoms. The van der Waals surface area contributed by atoms with E-state index in [0.717, 1.165) is 29.7 Å². The topological polar surface area (TPSA) is 93.1 Å². The van der Waals surface area contributed by atoms with Crippen LogP contribution in [0.25, 0.3) is 11.0 Å². The van der Waals surface area contributed by atoms with Gasteiger partial charge in [0.15, 0.2) is 0 Å². The zero-order valence-corrected chi connectivity index (χ0v) is 15.4. The van der Waals surface area contributed by atoms with Gasteiger partial charge in [-0.05, 0) is 31.2 Å². The predicted molar refractivity (Wildman–Crippen MR) is 101 cm³/mol. The number of nitrogens with one attached hydrogen (secondary N) is 2. The maximum absolute atomic E-state index is 12.6. The number of aromatic nitrogens is 2. The van der Waals surface area contributed by atoms with Gasteiger partial charge in [-0.15, -0.1) is 0 Å². The van der Waals surface area contributed by atoms with Crippen LogP contribution < -0.4 is 10.0 Å². The Morgan fingerprint density at radius 2 is 1.81 bits per heavy atom. The number of sulfonamides is 1. The monoisotopic (exact) mass is 372 g/mol. The van der Waals surface area contributed by atoms with Gasteiger partial charge in [-0.2, -0.15) is 0 Å². The van der Waals surface area contributed by atoms with E-state index in [4.69, 9.17) is 0 Å². The first kappa shape index (κ1) is 17.9. The molecule has 1 heterocycles. The van der Waals surface area contributed by atoms with Crippen molar-refractivity contribution >= 4 is 32.7 Å². The van der Waals surface area contributed by atoms with E-state index in [1.807, 2.05) is 35.8 Å². The molecule has 0 radical (unpaired) electrons. The molecule has 2 N–H and O–H groups in total. The smallest absolute Gasteiger partial charge is 0.253 e. The molecule has 7 nitrogen and oxygen atoms in total. The Kier molecular flexibility index (Phi) is 4.94. The van der Waals surface area contributed by atoms with E-state index in [1.165, 1.54) is 0 Å². The molecule has 0 aliphatic carbocycles. The summed E-state index contributed by atoms with van der Waals surface area (Å²) in [4.78, 5) is 17.1. The predicted octanol–water partition coefficient (Wildman–Crippen LogP) is 2.36. The standard InChI is InChI=1S/C18H20N4O3S/c1-3-22-16-11-7-6-10-15(16)20-17(22)12-19-18(23)13-8-4-5-9-14(13)21-26(2,24)25/h4-11,21H,3,12H2,1-2H3,(H,19,23). The number of anilines is 1. The minimum atomic E-state index is -3.47. The molecule has 2 aromatic carbocycles. The highest BCUT2D eigenvalue weighted by Crippen LogP contribution is 2.18. The van der Waals surface area contributed by atoms with E-state index in [-0.39, 0.29) is 23.7 Å². The van der Waals surface area contributed by atoms with Gasteiger partial charge in [0.2, 0.25) is 10.0 Å². The summed E-state index contributed by atoms with van der Waals surface area (Å²) in [6, 6.07) is 14.3. The Morgan fingerprint density at radius 1 is 1.12 bits per heavy atom. The number of nitrogens with zero attached hydrogens (tertiary/aromatic N) is 2. The maximum Gasteiger partial charge on any atom is 0.253 e. The van der Waals surface area contributed by atoms with Crippen LogP contribution in [-0.4, -0.2) is 30.1 Å². The second-order valence-electron chi connectivity index (χ2n) is 5.86. The largest absolute Gasteiger partial charge is 0.345 e. The average Bonchev–Trinajstić information content (AvgIpc) is 2.96. The van der Waals surface area contributed by atoms with Crippen LogP contribution in [0.1, 0.15) is 23.1 Å². The van der Waals surface area contributed by atoms with Crippen LogP contribution in [0.5, 0.6) is 0 Å². The fraction of sp³-hybridized carbons (Fsp3) is 0.222. The zero-order valence-electron chi connectivity index (χ0n) is 14.6. The number of imidazole rings is 1. The lowest BCUT2D eigenvalue weighted by Gasteiger charge is -2.11. The Bertz CT molecular complexity index is 1060. The number of amides is 1. The number of fused-ring (bicyclic) bond motifs is 1. The van der Waals surface area contributed by atoms with Gasteiger partial charge >= 0.3 is 0 Å². The Hall–Kier alpha value is -2.87. The van der Waals surface area contributed by atoms with E-state index in [0.29, 0.717) is 0 Å². The lowest BCUT2D eigenvalue weighted by molar-refractivity contribution is 0.0950. The summed E-state index contributed by atoms with van der Waals surface area (Å²) < 4.78 is 27.4. The van der Waals surface area contributed by atoms with Gasteiger partial charge in [-0.1, -0.05) is 24.3 Å². The van der Waals surface area contributed by atoms with Crippen molar-refractivity contribution in [3.05, 3.63) is 59.9 Å². The molecule has 1 amide bonds. The first-order chi connectivity index (χ1) is 12.4. The van der Waals surface area contributed by atoms with Gasteiger partial charge in [0.25, 0.3) is 5.91 Å². The van der Waals surface area contributed by atoms with Crippen LogP contribution in [0.15, 0.2) is 48.5 Å². The molecule has 26 heavy (non-hydrogen) atoms. The Balaban J connectivity index is 1.82. The Labute approximate surface area is 152 Å². The normalized spacial score (nSPS) is 11.5. The Morgan fingerprint density at radius 3 is 2.54 bits per heavy atom. The van der Waals surface area contributed by atoms with E-state index >= 15 is 0 Å². The number of carbonyl (C=O) groups is 1. The highest BCUT2D eigenvalue weighted by molar-refractivity contribution is 7.92. The van der Waals surface area contributed by atoms with E-state index in [2.05, 4.69) is 15.0 Å². The van der Waals surface area contributed by atoms with Crippen LogP contribution >= 0.6 is 0 Å². The van der Waals surface area contributed by atoms with Crippen molar-refractivity contribution in [2.45, 2.75) is 20.0 Å². The van der Waals surface area contributed by atoms with Crippen molar-refractivity contribution in [2.24, 2.45) is 0 Å². The number of hydrogen-bond donors (Lipinski definition) is 2. The third-order valence-corrected chi connectivity index (χ3v) is 4.51. The number of aryl methyl sites for hydroxylation is 1. The van der Waals surface area contributed by atoms with E-state index in [9.17, 15) is 13.2 Å². The van der Waals surface area contributed by atoms with Crippen LogP contribution in [0.3, 0.4) is 0 Å². The van der Waals surface area contributed by atoms with Gasteiger partial charge < -0.3 is 9.88 Å². The van der Waals surface area contributed by atoms with Gasteiger partial charge in [0, 0.05) is 6.54 Å². The molecule has 1 aromatic heterocycles. The van der Waals surface area contributed by atoms with Gasteiger partial charge in [0.05, 0.1) is 35.1 Å². The lowest BCUT2D eigenvalue weighted by Crippen LogP contribution is -2.26. The number of benzene rings is 2. The zero-order chi connectivity index (χ0) is 18.7. The molecule has 0 bridgehead atoms. The van der Waals surface area contributed by atoms with Crippen molar-refractivity contribution in [1.29, 1.82) is 0 Å². The molecule has 3 aromatic rings. The second kappa shape index (κ2) is 7.17. The molecule has 0 atom stereocenters. The third kappa shape index (κ3) is 3.85. The van der Waals surface area contributed by atoms with Crippen molar-refractivity contribution in [2.75, 3.05) is 11.0 Å². The summed E-state index contributed by atoms with van der Waals surface area (Å²) in [5, 5.41) is 2.82. The third-order valence-electron chi connectivity index (χ3n) is 3.92. The first-order valence-corrected chi connectivity index (χ1v) is 10.1. The summed E-state index contributed by atoms with van der Waals surface area (Å²) in [5.41, 5.74) is 2.39. The summed E-state index contributed by atoms with van der Waals surface area (Å²) in [6.07, 6.45) is 1.05. The molecular formula is C18H20N4O3S. The van der Waals surface area contributed by atoms with Crippen molar-refractivity contribution < 1.29 is 13.2 Å². The first-order valence-electron chi connectivity index (χ1n) is 8.18. The van der Waals surface area contributed by atoms with Crippen molar-refractivity contribution in [1.82, 2.24) is 14.9 Å². The van der Waals surface area contributed by atoms with Crippen molar-refractivity contribution in [3.8, 4) is 0 Å². The van der Waals surface area contributed by atoms with Gasteiger partial charge in [-0.3, -0.25) is 9.52 Å². The molecule has 0 fully saturated rings. The quantitative estimate of drug-likeness (QED) is 0.695. The molecule has 0 aliphatic rings. The fourth-order valence-electron chi connectivity index (χ4n) is 2.84. The van der Waals surface area contributed by atoms with Gasteiger partial charge in [-0.25, -0.2) is 13.4 Å². The molecular weight excluding hydrogens is 352 g/mol. The average molecular weight is 372 g/mol. The highest BCUT2D eigenvalue weighted by atomic mass is 32.2. The van der Waals surface area contributed by atoms with E-state index < -0.39 is 10.0 Å². The molecule has 136 valence electrons. The SMILES string of the molecule is CCn1c(CNC(=O)c2ccccc2NS(C)(=O)=O)nc2ccccc21.